The van der Waals surface area contributed by atoms with Gasteiger partial charge in [-0.05, 0) is 24.5 Å². The van der Waals surface area contributed by atoms with E-state index in [0.29, 0.717) is 17.6 Å². The number of alkyl halides is 3. The summed E-state index contributed by atoms with van der Waals surface area (Å²) in [4.78, 5) is 0. The van der Waals surface area contributed by atoms with Crippen LogP contribution in [0, 0.1) is 5.92 Å². The quantitative estimate of drug-likeness (QED) is 0.857. The minimum atomic E-state index is -4.24. The molecule has 0 radical (unpaired) electrons. The number of nitrogens with one attached hydrogen (secondary N) is 1. The first-order valence-electron chi connectivity index (χ1n) is 6.00. The molecule has 1 aliphatic carbocycles. The number of nitrogens with two attached hydrogens (primary N) is 1. The van der Waals surface area contributed by atoms with Crippen LogP contribution in [0.5, 0.6) is 0 Å². The summed E-state index contributed by atoms with van der Waals surface area (Å²) in [6, 6.07) is 2.96. The van der Waals surface area contributed by atoms with E-state index in [1.54, 1.807) is 6.07 Å². The Kier molecular flexibility index (Phi) is 3.68. The lowest BCUT2D eigenvalue weighted by molar-refractivity contribution is -0.126. The Bertz CT molecular complexity index is 402. The van der Waals surface area contributed by atoms with Crippen LogP contribution in [0.2, 0.25) is 0 Å². The Morgan fingerprint density at radius 1 is 1.50 bits per heavy atom. The second-order valence-electron chi connectivity index (χ2n) is 4.84. The maximum absolute atomic E-state index is 12.1. The minimum Gasteiger partial charge on any atom is -0.464 e. The van der Waals surface area contributed by atoms with Gasteiger partial charge in [0, 0.05) is 12.5 Å². The van der Waals surface area contributed by atoms with Gasteiger partial charge >= 0.3 is 6.18 Å². The smallest absolute Gasteiger partial charge is 0.401 e. The molecule has 1 fully saturated rings. The van der Waals surface area contributed by atoms with Crippen LogP contribution < -0.4 is 11.1 Å². The average Bonchev–Trinajstić information content (AvgIpc) is 2.82. The van der Waals surface area contributed by atoms with Gasteiger partial charge in [-0.3, -0.25) is 5.32 Å². The SMILES string of the molecule is CC1CC1c1ccc(C(CN)NCC(F)(F)F)o1. The third kappa shape index (κ3) is 3.26. The Morgan fingerprint density at radius 2 is 2.17 bits per heavy atom. The molecule has 0 aliphatic heterocycles. The van der Waals surface area contributed by atoms with Crippen LogP contribution in [0.25, 0.3) is 0 Å². The third-order valence-electron chi connectivity index (χ3n) is 3.25. The summed E-state index contributed by atoms with van der Waals surface area (Å²) in [5.74, 6) is 2.35. The van der Waals surface area contributed by atoms with Crippen LogP contribution in [-0.2, 0) is 0 Å². The van der Waals surface area contributed by atoms with Gasteiger partial charge in [0.1, 0.15) is 11.5 Å². The predicted molar refractivity (Wildman–Crippen MR) is 61.1 cm³/mol. The molecule has 18 heavy (non-hydrogen) atoms. The zero-order valence-electron chi connectivity index (χ0n) is 10.1. The van der Waals surface area contributed by atoms with Crippen molar-refractivity contribution in [1.29, 1.82) is 0 Å². The van der Waals surface area contributed by atoms with Crippen molar-refractivity contribution in [2.45, 2.75) is 31.5 Å². The van der Waals surface area contributed by atoms with Gasteiger partial charge in [-0.15, -0.1) is 0 Å². The van der Waals surface area contributed by atoms with E-state index in [-0.39, 0.29) is 6.54 Å². The summed E-state index contributed by atoms with van der Waals surface area (Å²) in [7, 11) is 0. The first-order chi connectivity index (χ1) is 8.40. The second-order valence-corrected chi connectivity index (χ2v) is 4.84. The largest absolute Gasteiger partial charge is 0.464 e. The summed E-state index contributed by atoms with van der Waals surface area (Å²) in [5.41, 5.74) is 5.47. The summed E-state index contributed by atoms with van der Waals surface area (Å²) in [6.45, 7) is 1.13. The minimum absolute atomic E-state index is 0.0727. The molecule has 1 saturated carbocycles. The molecule has 6 heteroatoms. The molecule has 0 aromatic carbocycles. The molecule has 1 aromatic rings. The molecule has 1 heterocycles. The summed E-state index contributed by atoms with van der Waals surface area (Å²) < 4.78 is 42.0. The Morgan fingerprint density at radius 3 is 2.67 bits per heavy atom. The van der Waals surface area contributed by atoms with Crippen molar-refractivity contribution in [1.82, 2.24) is 5.32 Å². The number of rotatable bonds is 5. The molecular formula is C12H17F3N2O. The van der Waals surface area contributed by atoms with Crippen molar-refractivity contribution in [3.8, 4) is 0 Å². The van der Waals surface area contributed by atoms with Crippen molar-refractivity contribution in [2.75, 3.05) is 13.1 Å². The molecule has 0 spiro atoms. The molecule has 3 unspecified atom stereocenters. The average molecular weight is 262 g/mol. The first-order valence-corrected chi connectivity index (χ1v) is 6.00. The molecule has 1 aromatic heterocycles. The van der Waals surface area contributed by atoms with Crippen molar-refractivity contribution >= 4 is 0 Å². The Balaban J connectivity index is 1.97. The topological polar surface area (TPSA) is 51.2 Å². The van der Waals surface area contributed by atoms with Crippen molar-refractivity contribution < 1.29 is 17.6 Å². The summed E-state index contributed by atoms with van der Waals surface area (Å²) >= 11 is 0. The van der Waals surface area contributed by atoms with Crippen molar-refractivity contribution in [3.63, 3.8) is 0 Å². The van der Waals surface area contributed by atoms with Gasteiger partial charge in [0.05, 0.1) is 12.6 Å². The Labute approximate surface area is 104 Å². The van der Waals surface area contributed by atoms with Gasteiger partial charge in [-0.25, -0.2) is 0 Å². The number of hydrogen-bond donors (Lipinski definition) is 2. The van der Waals surface area contributed by atoms with E-state index in [4.69, 9.17) is 10.2 Å². The van der Waals surface area contributed by atoms with Crippen LogP contribution in [0.4, 0.5) is 13.2 Å². The van der Waals surface area contributed by atoms with E-state index in [9.17, 15) is 13.2 Å². The standard InChI is InChI=1S/C12H17F3N2O/c1-7-4-8(7)10-2-3-11(18-10)9(5-16)17-6-12(13,14)15/h2-3,7-9,17H,4-6,16H2,1H3. The van der Waals surface area contributed by atoms with E-state index in [2.05, 4.69) is 12.2 Å². The number of furan rings is 1. The lowest BCUT2D eigenvalue weighted by Gasteiger charge is -2.15. The van der Waals surface area contributed by atoms with Crippen LogP contribution in [0.3, 0.4) is 0 Å². The van der Waals surface area contributed by atoms with Gasteiger partial charge in [0.2, 0.25) is 0 Å². The highest BCUT2D eigenvalue weighted by Crippen LogP contribution is 2.47. The summed E-state index contributed by atoms with van der Waals surface area (Å²) in [6.07, 6.45) is -3.16. The first kappa shape index (κ1) is 13.4. The zero-order chi connectivity index (χ0) is 13.3. The molecule has 1 aliphatic rings. The van der Waals surface area contributed by atoms with Gasteiger partial charge < -0.3 is 10.2 Å². The number of halogens is 3. The fraction of sp³-hybridized carbons (Fsp3) is 0.667. The Hall–Kier alpha value is -1.01. The zero-order valence-corrected chi connectivity index (χ0v) is 10.1. The van der Waals surface area contributed by atoms with Crippen LogP contribution in [0.15, 0.2) is 16.5 Å². The molecule has 3 nitrogen and oxygen atoms in total. The maximum atomic E-state index is 12.1. The van der Waals surface area contributed by atoms with E-state index >= 15 is 0 Å². The highest BCUT2D eigenvalue weighted by atomic mass is 19.4. The van der Waals surface area contributed by atoms with E-state index < -0.39 is 18.8 Å². The van der Waals surface area contributed by atoms with E-state index in [1.165, 1.54) is 0 Å². The van der Waals surface area contributed by atoms with Crippen molar-refractivity contribution in [2.24, 2.45) is 11.7 Å². The molecule has 3 atom stereocenters. The fourth-order valence-electron chi connectivity index (χ4n) is 2.01. The molecule has 3 N–H and O–H groups in total. The molecule has 0 amide bonds. The van der Waals surface area contributed by atoms with E-state index in [0.717, 1.165) is 12.2 Å². The van der Waals surface area contributed by atoms with Crippen LogP contribution >= 0.6 is 0 Å². The van der Waals surface area contributed by atoms with Crippen LogP contribution in [0.1, 0.15) is 36.8 Å². The second kappa shape index (κ2) is 4.93. The number of hydrogen-bond acceptors (Lipinski definition) is 3. The molecule has 2 rings (SSSR count). The summed E-state index contributed by atoms with van der Waals surface area (Å²) in [5, 5.41) is 2.37. The lowest BCUT2D eigenvalue weighted by Crippen LogP contribution is -2.35. The molecular weight excluding hydrogens is 245 g/mol. The van der Waals surface area contributed by atoms with Gasteiger partial charge in [0.15, 0.2) is 0 Å². The van der Waals surface area contributed by atoms with Crippen LogP contribution in [-0.4, -0.2) is 19.3 Å². The van der Waals surface area contributed by atoms with Gasteiger partial charge in [-0.1, -0.05) is 6.92 Å². The normalized spacial score (nSPS) is 25.2. The molecule has 0 saturated heterocycles. The van der Waals surface area contributed by atoms with Gasteiger partial charge in [0.25, 0.3) is 0 Å². The molecule has 0 bridgehead atoms. The highest BCUT2D eigenvalue weighted by molar-refractivity contribution is 5.19. The van der Waals surface area contributed by atoms with E-state index in [1.807, 2.05) is 6.07 Å². The monoisotopic (exact) mass is 262 g/mol. The maximum Gasteiger partial charge on any atom is 0.401 e. The lowest BCUT2D eigenvalue weighted by atomic mass is 10.2. The third-order valence-corrected chi connectivity index (χ3v) is 3.25. The predicted octanol–water partition coefficient (Wildman–Crippen LogP) is 2.55. The van der Waals surface area contributed by atoms with Gasteiger partial charge in [-0.2, -0.15) is 13.2 Å². The highest BCUT2D eigenvalue weighted by Gasteiger charge is 2.37. The molecule has 102 valence electrons. The fourth-order valence-corrected chi connectivity index (χ4v) is 2.01. The van der Waals surface area contributed by atoms with Crippen molar-refractivity contribution in [3.05, 3.63) is 23.7 Å².